The van der Waals surface area contributed by atoms with Gasteiger partial charge in [-0.2, -0.15) is 0 Å². The lowest BCUT2D eigenvalue weighted by atomic mass is 10.0. The molecule has 3 atom stereocenters. The van der Waals surface area contributed by atoms with Crippen LogP contribution in [0.25, 0.3) is 0 Å². The van der Waals surface area contributed by atoms with E-state index in [-0.39, 0.29) is 24.9 Å². The first-order chi connectivity index (χ1) is 34.5. The minimum atomic E-state index is -0.811. The zero-order valence-electron chi connectivity index (χ0n) is 45.9. The van der Waals surface area contributed by atoms with Crippen LogP contribution < -0.4 is 5.32 Å². The number of ether oxygens (including phenoxy) is 1. The van der Waals surface area contributed by atoms with Gasteiger partial charge in [-0.3, -0.25) is 9.59 Å². The molecule has 1 amide bonds. The summed E-state index contributed by atoms with van der Waals surface area (Å²) in [5.41, 5.74) is 0. The Morgan fingerprint density at radius 2 is 0.771 bits per heavy atom. The fraction of sp³-hybridized carbons (Fsp3) is 0.719. The smallest absolute Gasteiger partial charge is 0.306 e. The molecule has 3 N–H and O–H groups in total. The number of carbonyl (C=O) groups is 2. The van der Waals surface area contributed by atoms with Crippen molar-refractivity contribution in [1.82, 2.24) is 5.32 Å². The van der Waals surface area contributed by atoms with Crippen LogP contribution in [0.1, 0.15) is 271 Å². The molecule has 402 valence electrons. The SMILES string of the molecule is CC/C=C\C/C=C\C/C=C\C/C=C\C/C=C\CCCC(=O)OC(CCCCCC/C=C\C/C=C\C/C=C\CCCCC)CC(=O)NC(CO)C(O)CCCCCCCCCCCCCCCCCCC. The molecule has 0 aromatic heterocycles. The first-order valence-corrected chi connectivity index (χ1v) is 29.5. The van der Waals surface area contributed by atoms with Crippen molar-refractivity contribution in [3.63, 3.8) is 0 Å². The van der Waals surface area contributed by atoms with Gasteiger partial charge in [-0.05, 0) is 103 Å². The Bertz CT molecular complexity index is 1370. The van der Waals surface area contributed by atoms with Gasteiger partial charge in [0.25, 0.3) is 0 Å². The summed E-state index contributed by atoms with van der Waals surface area (Å²) in [6, 6.07) is -0.728. The Balaban J connectivity index is 4.69. The standard InChI is InChI=1S/C64H111NO5/c1-4-7-10-13-16-19-22-25-28-31-34-37-40-43-46-49-52-55-60(70-64(69)57-54-51-48-45-42-39-36-33-30-27-24-21-18-15-12-9-6-3)58-63(68)65-61(59-66)62(67)56-53-50-47-44-41-38-35-32-29-26-23-20-17-14-11-8-5-2/h9,12,16,18-19,21,25,27-28,30,34,36-37,39,45,48,60-62,66-67H,4-8,10-11,13-15,17,20,22-24,26,29,31-33,35,38,40-44,46-47,49-59H2,1-3H3,(H,65,68)/b12-9-,19-16-,21-18-,28-25-,30-27-,37-34-,39-36-,48-45-. The number of nitrogens with one attached hydrogen (secondary N) is 1. The highest BCUT2D eigenvalue weighted by molar-refractivity contribution is 5.77. The van der Waals surface area contributed by atoms with Crippen molar-refractivity contribution in [3.8, 4) is 0 Å². The van der Waals surface area contributed by atoms with Crippen molar-refractivity contribution in [2.45, 2.75) is 289 Å². The minimum absolute atomic E-state index is 0.0355. The summed E-state index contributed by atoms with van der Waals surface area (Å²) >= 11 is 0. The normalized spacial score (nSPS) is 13.8. The number of allylic oxidation sites excluding steroid dienone is 16. The van der Waals surface area contributed by atoms with Gasteiger partial charge in [0, 0.05) is 6.42 Å². The minimum Gasteiger partial charge on any atom is -0.462 e. The molecule has 0 heterocycles. The number of esters is 1. The van der Waals surface area contributed by atoms with Crippen molar-refractivity contribution >= 4 is 11.9 Å². The number of aliphatic hydroxyl groups excluding tert-OH is 2. The van der Waals surface area contributed by atoms with Gasteiger partial charge >= 0.3 is 5.97 Å². The fourth-order valence-electron chi connectivity index (χ4n) is 8.47. The highest BCUT2D eigenvalue weighted by Crippen LogP contribution is 2.18. The molecular formula is C64H111NO5. The average molecular weight is 975 g/mol. The third-order valence-electron chi connectivity index (χ3n) is 12.9. The van der Waals surface area contributed by atoms with Crippen molar-refractivity contribution in [2.75, 3.05) is 6.61 Å². The summed E-state index contributed by atoms with van der Waals surface area (Å²) < 4.78 is 5.93. The molecule has 0 fully saturated rings. The Kier molecular flexibility index (Phi) is 54.1. The van der Waals surface area contributed by atoms with Crippen molar-refractivity contribution < 1.29 is 24.5 Å². The molecule has 0 spiro atoms. The highest BCUT2D eigenvalue weighted by Gasteiger charge is 2.24. The van der Waals surface area contributed by atoms with Gasteiger partial charge in [0.05, 0.1) is 25.2 Å². The first-order valence-electron chi connectivity index (χ1n) is 29.5. The van der Waals surface area contributed by atoms with E-state index < -0.39 is 18.2 Å². The van der Waals surface area contributed by atoms with E-state index in [4.69, 9.17) is 4.74 Å². The Morgan fingerprint density at radius 1 is 0.429 bits per heavy atom. The van der Waals surface area contributed by atoms with Crippen LogP contribution in [0.15, 0.2) is 97.2 Å². The molecule has 0 aliphatic heterocycles. The van der Waals surface area contributed by atoms with Crippen molar-refractivity contribution in [3.05, 3.63) is 97.2 Å². The Labute approximate surface area is 433 Å². The predicted molar refractivity (Wildman–Crippen MR) is 305 cm³/mol. The molecule has 0 aliphatic carbocycles. The molecule has 70 heavy (non-hydrogen) atoms. The maximum Gasteiger partial charge on any atom is 0.306 e. The van der Waals surface area contributed by atoms with Gasteiger partial charge in [0.2, 0.25) is 5.91 Å². The van der Waals surface area contributed by atoms with Crippen LogP contribution in [0.2, 0.25) is 0 Å². The van der Waals surface area contributed by atoms with E-state index >= 15 is 0 Å². The molecule has 0 bridgehead atoms. The lowest BCUT2D eigenvalue weighted by Gasteiger charge is -2.24. The number of hydrogen-bond acceptors (Lipinski definition) is 5. The molecule has 0 aliphatic rings. The van der Waals surface area contributed by atoms with Crippen LogP contribution in [0.4, 0.5) is 0 Å². The molecule has 0 aromatic carbocycles. The third-order valence-corrected chi connectivity index (χ3v) is 12.9. The van der Waals surface area contributed by atoms with Crippen molar-refractivity contribution in [1.29, 1.82) is 0 Å². The third kappa shape index (κ3) is 51.1. The Hall–Kier alpha value is -3.22. The summed E-state index contributed by atoms with van der Waals surface area (Å²) in [7, 11) is 0. The molecule has 3 unspecified atom stereocenters. The molecule has 6 nitrogen and oxygen atoms in total. The summed E-state index contributed by atoms with van der Waals surface area (Å²) in [5, 5.41) is 23.9. The van der Waals surface area contributed by atoms with Gasteiger partial charge in [0.15, 0.2) is 0 Å². The van der Waals surface area contributed by atoms with E-state index in [1.54, 1.807) is 0 Å². The molecule has 6 heteroatoms. The number of rotatable bonds is 52. The van der Waals surface area contributed by atoms with Gasteiger partial charge < -0.3 is 20.3 Å². The first kappa shape index (κ1) is 66.8. The second-order valence-corrected chi connectivity index (χ2v) is 19.7. The molecular weight excluding hydrogens is 863 g/mol. The van der Waals surface area contributed by atoms with Crippen LogP contribution in [-0.4, -0.2) is 46.9 Å². The van der Waals surface area contributed by atoms with E-state index in [2.05, 4.69) is 123 Å². The molecule has 0 radical (unpaired) electrons. The maximum absolute atomic E-state index is 13.3. The van der Waals surface area contributed by atoms with Gasteiger partial charge in [-0.15, -0.1) is 0 Å². The predicted octanol–water partition coefficient (Wildman–Crippen LogP) is 18.5. The number of amides is 1. The number of aliphatic hydroxyl groups is 2. The van der Waals surface area contributed by atoms with E-state index in [9.17, 15) is 19.8 Å². The van der Waals surface area contributed by atoms with Gasteiger partial charge in [-0.25, -0.2) is 0 Å². The lowest BCUT2D eigenvalue weighted by molar-refractivity contribution is -0.151. The van der Waals surface area contributed by atoms with Crippen LogP contribution in [-0.2, 0) is 14.3 Å². The fourth-order valence-corrected chi connectivity index (χ4v) is 8.47. The van der Waals surface area contributed by atoms with Gasteiger partial charge in [0.1, 0.15) is 6.10 Å². The number of unbranched alkanes of at least 4 members (excludes halogenated alkanes) is 24. The monoisotopic (exact) mass is 974 g/mol. The zero-order chi connectivity index (χ0) is 50.9. The average Bonchev–Trinajstić information content (AvgIpc) is 3.35. The second kappa shape index (κ2) is 56.7. The largest absolute Gasteiger partial charge is 0.462 e. The van der Waals surface area contributed by atoms with E-state index in [1.165, 1.54) is 116 Å². The number of carbonyl (C=O) groups excluding carboxylic acids is 2. The summed E-state index contributed by atoms with van der Waals surface area (Å²) in [6.45, 7) is 6.34. The zero-order valence-corrected chi connectivity index (χ0v) is 45.9. The van der Waals surface area contributed by atoms with Crippen LogP contribution in [0.5, 0.6) is 0 Å². The quantitative estimate of drug-likeness (QED) is 0.0321. The van der Waals surface area contributed by atoms with E-state index in [0.717, 1.165) is 103 Å². The molecule has 0 saturated carbocycles. The summed E-state index contributed by atoms with van der Waals surface area (Å²) in [6.07, 6.45) is 76.2. The number of hydrogen-bond donors (Lipinski definition) is 3. The van der Waals surface area contributed by atoms with Gasteiger partial charge in [-0.1, -0.05) is 253 Å². The topological polar surface area (TPSA) is 95.9 Å². The van der Waals surface area contributed by atoms with Crippen LogP contribution >= 0.6 is 0 Å². The van der Waals surface area contributed by atoms with E-state index in [0.29, 0.717) is 25.7 Å². The summed E-state index contributed by atoms with van der Waals surface area (Å²) in [4.78, 5) is 26.3. The highest BCUT2D eigenvalue weighted by atomic mass is 16.5. The molecule has 0 rings (SSSR count). The van der Waals surface area contributed by atoms with Crippen LogP contribution in [0, 0.1) is 0 Å². The lowest BCUT2D eigenvalue weighted by Crippen LogP contribution is -2.46. The second-order valence-electron chi connectivity index (χ2n) is 19.7. The van der Waals surface area contributed by atoms with Crippen molar-refractivity contribution in [2.24, 2.45) is 0 Å². The molecule has 0 aromatic rings. The Morgan fingerprint density at radius 3 is 1.20 bits per heavy atom. The summed E-state index contributed by atoms with van der Waals surface area (Å²) in [5.74, 6) is -0.566. The maximum atomic E-state index is 13.3. The van der Waals surface area contributed by atoms with E-state index in [1.807, 2.05) is 0 Å². The molecule has 0 saturated heterocycles. The van der Waals surface area contributed by atoms with Crippen LogP contribution in [0.3, 0.4) is 0 Å².